The van der Waals surface area contributed by atoms with E-state index in [1.165, 1.54) is 49.7 Å². The Bertz CT molecular complexity index is 714. The Morgan fingerprint density at radius 2 is 1.55 bits per heavy atom. The molecule has 1 N–H and O–H groups in total. The van der Waals surface area contributed by atoms with Crippen molar-refractivity contribution in [2.45, 2.75) is 84.3 Å². The molecule has 0 aliphatic heterocycles. The first-order chi connectivity index (χ1) is 15.0. The fourth-order valence-corrected chi connectivity index (χ4v) is 3.80. The first-order valence-corrected chi connectivity index (χ1v) is 12.1. The molecule has 0 radical (unpaired) electrons. The third-order valence-electron chi connectivity index (χ3n) is 5.88. The van der Waals surface area contributed by atoms with Crippen molar-refractivity contribution in [3.63, 3.8) is 0 Å². The van der Waals surface area contributed by atoms with Crippen molar-refractivity contribution in [1.29, 1.82) is 0 Å². The summed E-state index contributed by atoms with van der Waals surface area (Å²) in [5.74, 6) is 0.977. The molecule has 0 saturated heterocycles. The standard InChI is InChI=1S/C28H43NO2/c1-5-6-7-8-9-13-19-26(31-27-20-15-14-16-24(27)2)23-30-22-21-29-28(3,4)25-17-11-10-12-18-25/h10-12,14-18,20,26,29H,5-9,13,19,21-23H2,1-4H3. The summed E-state index contributed by atoms with van der Waals surface area (Å²) in [7, 11) is 0. The zero-order valence-corrected chi connectivity index (χ0v) is 20.2. The van der Waals surface area contributed by atoms with Crippen LogP contribution in [0.1, 0.15) is 76.8 Å². The lowest BCUT2D eigenvalue weighted by Gasteiger charge is -2.27. The van der Waals surface area contributed by atoms with Crippen LogP contribution in [0, 0.1) is 6.92 Å². The quantitative estimate of drug-likeness (QED) is 0.293. The van der Waals surface area contributed by atoms with Gasteiger partial charge >= 0.3 is 0 Å². The first kappa shape index (κ1) is 25.4. The monoisotopic (exact) mass is 425 g/mol. The van der Waals surface area contributed by atoms with E-state index >= 15 is 0 Å². The van der Waals surface area contributed by atoms with Crippen LogP contribution in [-0.4, -0.2) is 25.9 Å². The van der Waals surface area contributed by atoms with Gasteiger partial charge in [0.15, 0.2) is 0 Å². The Balaban J connectivity index is 1.76. The molecule has 31 heavy (non-hydrogen) atoms. The van der Waals surface area contributed by atoms with Crippen LogP contribution in [0.15, 0.2) is 54.6 Å². The zero-order valence-electron chi connectivity index (χ0n) is 20.2. The topological polar surface area (TPSA) is 30.5 Å². The van der Waals surface area contributed by atoms with E-state index in [4.69, 9.17) is 9.47 Å². The molecule has 0 fully saturated rings. The van der Waals surface area contributed by atoms with Crippen molar-refractivity contribution in [3.05, 3.63) is 65.7 Å². The highest BCUT2D eigenvalue weighted by atomic mass is 16.5. The minimum Gasteiger partial charge on any atom is -0.488 e. The normalized spacial score (nSPS) is 12.6. The van der Waals surface area contributed by atoms with Crippen LogP contribution >= 0.6 is 0 Å². The molecule has 2 aromatic carbocycles. The molecule has 0 spiro atoms. The molecule has 1 unspecified atom stereocenters. The maximum absolute atomic E-state index is 6.34. The van der Waals surface area contributed by atoms with Crippen LogP contribution < -0.4 is 10.1 Å². The van der Waals surface area contributed by atoms with Gasteiger partial charge in [-0.3, -0.25) is 0 Å². The predicted octanol–water partition coefficient (Wildman–Crippen LogP) is 7.03. The molecule has 0 heterocycles. The second-order valence-electron chi connectivity index (χ2n) is 9.05. The van der Waals surface area contributed by atoms with Crippen LogP contribution in [0.5, 0.6) is 5.75 Å². The van der Waals surface area contributed by atoms with Gasteiger partial charge in [-0.15, -0.1) is 0 Å². The average Bonchev–Trinajstić information content (AvgIpc) is 2.77. The largest absolute Gasteiger partial charge is 0.488 e. The Kier molecular flexibility index (Phi) is 11.7. The van der Waals surface area contributed by atoms with Gasteiger partial charge in [-0.05, 0) is 50.8 Å². The molecular formula is C28H43NO2. The molecule has 0 amide bonds. The van der Waals surface area contributed by atoms with E-state index in [0.29, 0.717) is 13.2 Å². The Morgan fingerprint density at radius 3 is 2.29 bits per heavy atom. The number of aryl methyl sites for hydroxylation is 1. The van der Waals surface area contributed by atoms with Crippen molar-refractivity contribution in [3.8, 4) is 5.75 Å². The molecule has 0 saturated carbocycles. The highest BCUT2D eigenvalue weighted by Gasteiger charge is 2.19. The van der Waals surface area contributed by atoms with Crippen molar-refractivity contribution >= 4 is 0 Å². The van der Waals surface area contributed by atoms with E-state index in [1.807, 2.05) is 6.07 Å². The summed E-state index contributed by atoms with van der Waals surface area (Å²) >= 11 is 0. The van der Waals surface area contributed by atoms with Gasteiger partial charge in [0, 0.05) is 12.1 Å². The molecule has 2 rings (SSSR count). The van der Waals surface area contributed by atoms with Gasteiger partial charge in [0.2, 0.25) is 0 Å². The number of nitrogens with one attached hydrogen (secondary N) is 1. The molecule has 0 aliphatic carbocycles. The molecule has 172 valence electrons. The second kappa shape index (κ2) is 14.3. The number of hydrogen-bond acceptors (Lipinski definition) is 3. The lowest BCUT2D eigenvalue weighted by molar-refractivity contribution is 0.0437. The average molecular weight is 426 g/mol. The Hall–Kier alpha value is -1.84. The maximum Gasteiger partial charge on any atom is 0.122 e. The third kappa shape index (κ3) is 9.88. The fourth-order valence-electron chi connectivity index (χ4n) is 3.80. The van der Waals surface area contributed by atoms with Crippen molar-refractivity contribution in [2.75, 3.05) is 19.8 Å². The minimum atomic E-state index is -0.0693. The van der Waals surface area contributed by atoms with Crippen LogP contribution in [0.2, 0.25) is 0 Å². The lowest BCUT2D eigenvalue weighted by Crippen LogP contribution is -2.39. The number of ether oxygens (including phenoxy) is 2. The van der Waals surface area contributed by atoms with Crippen LogP contribution in [0.25, 0.3) is 0 Å². The molecule has 3 heteroatoms. The van der Waals surface area contributed by atoms with Crippen molar-refractivity contribution in [1.82, 2.24) is 5.32 Å². The number of para-hydroxylation sites is 1. The zero-order chi connectivity index (χ0) is 22.4. The smallest absolute Gasteiger partial charge is 0.122 e. The van der Waals surface area contributed by atoms with Crippen molar-refractivity contribution in [2.24, 2.45) is 0 Å². The Morgan fingerprint density at radius 1 is 0.871 bits per heavy atom. The van der Waals surface area contributed by atoms with Gasteiger partial charge in [0.25, 0.3) is 0 Å². The molecule has 0 aromatic heterocycles. The third-order valence-corrected chi connectivity index (χ3v) is 5.88. The van der Waals surface area contributed by atoms with Gasteiger partial charge in [0.1, 0.15) is 11.9 Å². The van der Waals surface area contributed by atoms with E-state index in [2.05, 4.69) is 81.5 Å². The van der Waals surface area contributed by atoms with Gasteiger partial charge in [-0.2, -0.15) is 0 Å². The minimum absolute atomic E-state index is 0.0693. The number of rotatable bonds is 16. The van der Waals surface area contributed by atoms with E-state index in [0.717, 1.165) is 18.7 Å². The van der Waals surface area contributed by atoms with E-state index < -0.39 is 0 Å². The molecule has 3 nitrogen and oxygen atoms in total. The van der Waals surface area contributed by atoms with Crippen molar-refractivity contribution < 1.29 is 9.47 Å². The van der Waals surface area contributed by atoms with E-state index in [-0.39, 0.29) is 11.6 Å². The summed E-state index contributed by atoms with van der Waals surface area (Å²) in [6.45, 7) is 10.9. The van der Waals surface area contributed by atoms with Gasteiger partial charge in [-0.25, -0.2) is 0 Å². The summed E-state index contributed by atoms with van der Waals surface area (Å²) in [5, 5.41) is 3.61. The summed E-state index contributed by atoms with van der Waals surface area (Å²) < 4.78 is 12.4. The molecule has 0 bridgehead atoms. The fraction of sp³-hybridized carbons (Fsp3) is 0.571. The highest BCUT2D eigenvalue weighted by Crippen LogP contribution is 2.21. The molecular weight excluding hydrogens is 382 g/mol. The van der Waals surface area contributed by atoms with E-state index in [1.54, 1.807) is 0 Å². The highest BCUT2D eigenvalue weighted by molar-refractivity contribution is 5.31. The predicted molar refractivity (Wildman–Crippen MR) is 132 cm³/mol. The van der Waals surface area contributed by atoms with E-state index in [9.17, 15) is 0 Å². The number of hydrogen-bond donors (Lipinski definition) is 1. The second-order valence-corrected chi connectivity index (χ2v) is 9.05. The summed E-state index contributed by atoms with van der Waals surface area (Å²) in [6.07, 6.45) is 8.94. The summed E-state index contributed by atoms with van der Waals surface area (Å²) in [6, 6.07) is 18.8. The van der Waals surface area contributed by atoms with Crippen LogP contribution in [0.3, 0.4) is 0 Å². The number of unbranched alkanes of at least 4 members (excludes halogenated alkanes) is 5. The molecule has 0 aliphatic rings. The SMILES string of the molecule is CCCCCCCCC(COCCNC(C)(C)c1ccccc1)Oc1ccccc1C. The maximum atomic E-state index is 6.34. The van der Waals surface area contributed by atoms with Crippen LogP contribution in [0.4, 0.5) is 0 Å². The van der Waals surface area contributed by atoms with Gasteiger partial charge in [0.05, 0.1) is 13.2 Å². The summed E-state index contributed by atoms with van der Waals surface area (Å²) in [5.41, 5.74) is 2.40. The first-order valence-electron chi connectivity index (χ1n) is 12.1. The Labute approximate surface area is 190 Å². The molecule has 2 aromatic rings. The van der Waals surface area contributed by atoms with Gasteiger partial charge in [-0.1, -0.05) is 87.6 Å². The summed E-state index contributed by atoms with van der Waals surface area (Å²) in [4.78, 5) is 0. The van der Waals surface area contributed by atoms with Crippen LogP contribution in [-0.2, 0) is 10.3 Å². The van der Waals surface area contributed by atoms with Gasteiger partial charge < -0.3 is 14.8 Å². The number of benzene rings is 2. The lowest BCUT2D eigenvalue weighted by atomic mass is 9.94. The molecule has 1 atom stereocenters.